The van der Waals surface area contributed by atoms with Crippen LogP contribution in [0.3, 0.4) is 0 Å². The first-order valence-corrected chi connectivity index (χ1v) is 9.29. The van der Waals surface area contributed by atoms with E-state index < -0.39 is 0 Å². The van der Waals surface area contributed by atoms with E-state index in [1.807, 2.05) is 0 Å². The highest BCUT2D eigenvalue weighted by Gasteiger charge is 2.37. The Labute approximate surface area is 151 Å². The lowest BCUT2D eigenvalue weighted by molar-refractivity contribution is -0.150. The summed E-state index contributed by atoms with van der Waals surface area (Å²) < 4.78 is 4.94. The van der Waals surface area contributed by atoms with E-state index in [0.717, 1.165) is 30.4 Å². The molecule has 2 rings (SSSR count). The monoisotopic (exact) mass is 342 g/mol. The molecule has 0 amide bonds. The third-order valence-electron chi connectivity index (χ3n) is 5.41. The van der Waals surface area contributed by atoms with E-state index in [-0.39, 0.29) is 23.6 Å². The van der Waals surface area contributed by atoms with Crippen molar-refractivity contribution in [3.63, 3.8) is 0 Å². The van der Waals surface area contributed by atoms with Crippen molar-refractivity contribution in [1.82, 2.24) is 0 Å². The smallest absolute Gasteiger partial charge is 0.309 e. The van der Waals surface area contributed by atoms with Crippen molar-refractivity contribution in [2.45, 2.75) is 59.3 Å². The van der Waals surface area contributed by atoms with Gasteiger partial charge in [-0.1, -0.05) is 43.7 Å². The second-order valence-electron chi connectivity index (χ2n) is 7.14. The fourth-order valence-electron chi connectivity index (χ4n) is 4.02. The molecule has 0 N–H and O–H groups in total. The maximum Gasteiger partial charge on any atom is 0.309 e. The molecule has 0 aromatic heterocycles. The lowest BCUT2D eigenvalue weighted by Crippen LogP contribution is -2.35. The number of hydrogen-bond acceptors (Lipinski definition) is 3. The van der Waals surface area contributed by atoms with E-state index in [1.54, 1.807) is 0 Å². The molecular weight excluding hydrogens is 312 g/mol. The Balaban J connectivity index is 2.31. The molecule has 0 heterocycles. The summed E-state index contributed by atoms with van der Waals surface area (Å²) in [5, 5.41) is 0. The van der Waals surface area contributed by atoms with Crippen LogP contribution in [0.2, 0.25) is 0 Å². The first-order valence-electron chi connectivity index (χ1n) is 9.29. The average Bonchev–Trinajstić information content (AvgIpc) is 2.61. The summed E-state index contributed by atoms with van der Waals surface area (Å²) in [5.74, 6) is -0.751. The quantitative estimate of drug-likeness (QED) is 0.569. The van der Waals surface area contributed by atoms with Crippen molar-refractivity contribution in [2.75, 3.05) is 7.11 Å². The number of esters is 1. The van der Waals surface area contributed by atoms with Crippen LogP contribution in [-0.4, -0.2) is 18.9 Å². The van der Waals surface area contributed by atoms with Crippen molar-refractivity contribution in [2.24, 2.45) is 11.8 Å². The van der Waals surface area contributed by atoms with Gasteiger partial charge in [-0.3, -0.25) is 9.59 Å². The van der Waals surface area contributed by atoms with Gasteiger partial charge in [-0.05, 0) is 55.7 Å². The number of hydrogen-bond donors (Lipinski definition) is 0. The van der Waals surface area contributed by atoms with E-state index in [1.165, 1.54) is 23.8 Å². The molecule has 0 spiro atoms. The van der Waals surface area contributed by atoms with Crippen molar-refractivity contribution in [1.29, 1.82) is 0 Å². The van der Waals surface area contributed by atoms with Crippen molar-refractivity contribution >= 4 is 11.8 Å². The van der Waals surface area contributed by atoms with Gasteiger partial charge in [0.05, 0.1) is 13.0 Å². The third-order valence-corrected chi connectivity index (χ3v) is 5.41. The molecule has 0 saturated heterocycles. The Kier molecular flexibility index (Phi) is 6.57. The Morgan fingerprint density at radius 1 is 1.16 bits per heavy atom. The summed E-state index contributed by atoms with van der Waals surface area (Å²) >= 11 is 0. The molecule has 3 heteroatoms. The van der Waals surface area contributed by atoms with Gasteiger partial charge >= 0.3 is 5.97 Å². The topological polar surface area (TPSA) is 43.4 Å². The molecule has 1 aliphatic rings. The van der Waals surface area contributed by atoms with E-state index in [4.69, 9.17) is 4.74 Å². The van der Waals surface area contributed by atoms with Crippen LogP contribution in [0.4, 0.5) is 0 Å². The lowest BCUT2D eigenvalue weighted by Gasteiger charge is -2.30. The zero-order valence-electron chi connectivity index (χ0n) is 16.0. The number of benzene rings is 1. The molecule has 25 heavy (non-hydrogen) atoms. The SMILES string of the molecule is C=C1CCC(C(=O)OC)C(C(=O)Cc2c(CC)cc(C)cc2CC)C1. The largest absolute Gasteiger partial charge is 0.469 e. The van der Waals surface area contributed by atoms with Crippen LogP contribution in [0.15, 0.2) is 24.3 Å². The number of carbonyl (C=O) groups is 2. The molecule has 0 bridgehead atoms. The molecular formula is C22H30O3. The first kappa shape index (κ1) is 19.4. The number of ketones is 1. The van der Waals surface area contributed by atoms with Crippen LogP contribution in [0, 0.1) is 18.8 Å². The summed E-state index contributed by atoms with van der Waals surface area (Å²) in [5.41, 5.74) is 5.95. The van der Waals surface area contributed by atoms with Gasteiger partial charge in [-0.25, -0.2) is 0 Å². The zero-order chi connectivity index (χ0) is 18.6. The van der Waals surface area contributed by atoms with Crippen LogP contribution in [0.5, 0.6) is 0 Å². The predicted octanol–water partition coefficient (Wildman–Crippen LogP) is 4.38. The lowest BCUT2D eigenvalue weighted by atomic mass is 9.73. The summed E-state index contributed by atoms with van der Waals surface area (Å²) in [6.07, 6.45) is 4.29. The number of allylic oxidation sites excluding steroid dienone is 1. The highest BCUT2D eigenvalue weighted by Crippen LogP contribution is 2.35. The molecule has 1 saturated carbocycles. The van der Waals surface area contributed by atoms with Crippen molar-refractivity contribution in [3.8, 4) is 0 Å². The number of rotatable bonds is 6. The maximum atomic E-state index is 13.1. The number of aryl methyl sites for hydroxylation is 3. The molecule has 0 aliphatic heterocycles. The molecule has 1 fully saturated rings. The Morgan fingerprint density at radius 3 is 2.28 bits per heavy atom. The fourth-order valence-corrected chi connectivity index (χ4v) is 4.02. The summed E-state index contributed by atoms with van der Waals surface area (Å²) in [6, 6.07) is 4.36. The van der Waals surface area contributed by atoms with Crippen LogP contribution in [0.25, 0.3) is 0 Å². The van der Waals surface area contributed by atoms with Gasteiger partial charge in [-0.15, -0.1) is 0 Å². The molecule has 0 radical (unpaired) electrons. The van der Waals surface area contributed by atoms with E-state index in [0.29, 0.717) is 19.3 Å². The van der Waals surface area contributed by atoms with Gasteiger partial charge in [0.15, 0.2) is 0 Å². The minimum atomic E-state index is -0.330. The Bertz CT molecular complexity index is 647. The summed E-state index contributed by atoms with van der Waals surface area (Å²) in [7, 11) is 1.40. The van der Waals surface area contributed by atoms with Gasteiger partial charge in [0.2, 0.25) is 0 Å². The summed E-state index contributed by atoms with van der Waals surface area (Å²) in [4.78, 5) is 25.2. The van der Waals surface area contributed by atoms with Crippen LogP contribution in [-0.2, 0) is 33.6 Å². The standard InChI is InChI=1S/C22H30O3/c1-6-16-10-15(4)11-17(7-2)19(16)13-21(23)20-12-14(3)8-9-18(20)22(24)25-5/h10-11,18,20H,3,6-9,12-13H2,1-2,4-5H3. The normalized spacial score (nSPS) is 20.4. The van der Waals surface area contributed by atoms with Crippen LogP contribution < -0.4 is 0 Å². The fraction of sp³-hybridized carbons (Fsp3) is 0.545. The summed E-state index contributed by atoms with van der Waals surface area (Å²) in [6.45, 7) is 10.4. The molecule has 2 atom stereocenters. The number of ether oxygens (including phenoxy) is 1. The Morgan fingerprint density at radius 2 is 1.76 bits per heavy atom. The molecule has 2 unspecified atom stereocenters. The van der Waals surface area contributed by atoms with E-state index >= 15 is 0 Å². The highest BCUT2D eigenvalue weighted by molar-refractivity contribution is 5.89. The van der Waals surface area contributed by atoms with Crippen LogP contribution >= 0.6 is 0 Å². The average molecular weight is 342 g/mol. The third kappa shape index (κ3) is 4.39. The number of Topliss-reactive ketones (excluding diaryl/α,β-unsaturated/α-hetero) is 1. The minimum absolute atomic E-state index is 0.143. The van der Waals surface area contributed by atoms with Crippen LogP contribution in [0.1, 0.15) is 55.4 Å². The zero-order valence-corrected chi connectivity index (χ0v) is 16.0. The molecule has 3 nitrogen and oxygen atoms in total. The molecule has 1 aromatic carbocycles. The van der Waals surface area contributed by atoms with Gasteiger partial charge < -0.3 is 4.74 Å². The van der Waals surface area contributed by atoms with Crippen molar-refractivity contribution < 1.29 is 14.3 Å². The highest BCUT2D eigenvalue weighted by atomic mass is 16.5. The van der Waals surface area contributed by atoms with Crippen molar-refractivity contribution in [3.05, 3.63) is 46.5 Å². The second kappa shape index (κ2) is 8.46. The minimum Gasteiger partial charge on any atom is -0.469 e. The molecule has 1 aliphatic carbocycles. The number of methoxy groups -OCH3 is 1. The second-order valence-corrected chi connectivity index (χ2v) is 7.14. The van der Waals surface area contributed by atoms with E-state index in [9.17, 15) is 9.59 Å². The first-order chi connectivity index (χ1) is 11.9. The maximum absolute atomic E-state index is 13.1. The van der Waals surface area contributed by atoms with Gasteiger partial charge in [-0.2, -0.15) is 0 Å². The van der Waals surface area contributed by atoms with E-state index in [2.05, 4.69) is 39.5 Å². The van der Waals surface area contributed by atoms with Gasteiger partial charge in [0, 0.05) is 12.3 Å². The van der Waals surface area contributed by atoms with Gasteiger partial charge in [0.25, 0.3) is 0 Å². The molecule has 1 aromatic rings. The van der Waals surface area contributed by atoms with Gasteiger partial charge in [0.1, 0.15) is 5.78 Å². The molecule has 136 valence electrons. The number of carbonyl (C=O) groups excluding carboxylic acids is 2. The Hall–Kier alpha value is -1.90. The predicted molar refractivity (Wildman–Crippen MR) is 101 cm³/mol.